The summed E-state index contributed by atoms with van der Waals surface area (Å²) in [4.78, 5) is 35.4. The van der Waals surface area contributed by atoms with Gasteiger partial charge < -0.3 is 26.1 Å². The third-order valence-corrected chi connectivity index (χ3v) is 4.71. The van der Waals surface area contributed by atoms with Crippen molar-refractivity contribution in [3.8, 4) is 11.5 Å². The van der Waals surface area contributed by atoms with Crippen molar-refractivity contribution < 1.29 is 29.1 Å². The van der Waals surface area contributed by atoms with Gasteiger partial charge in [0.2, 0.25) is 5.91 Å². The number of amidine groups is 1. The third-order valence-electron chi connectivity index (χ3n) is 4.71. The van der Waals surface area contributed by atoms with Crippen LogP contribution < -0.4 is 20.9 Å². The molecule has 9 nitrogen and oxygen atoms in total. The molecule has 0 saturated carbocycles. The SMILES string of the molecule is CC(=O)c1c(OCCCCCOc2ccc(C(N)=O)cc2)ccc(C(N)=NO)c1C(C)=O. The molecule has 0 saturated heterocycles. The largest absolute Gasteiger partial charge is 0.494 e. The Labute approximate surface area is 186 Å². The molecule has 170 valence electrons. The number of Topliss-reactive ketones (excluding diaryl/α,β-unsaturated/α-hetero) is 2. The first kappa shape index (κ1) is 24.4. The highest BCUT2D eigenvalue weighted by atomic mass is 16.5. The Hall–Kier alpha value is -3.88. The maximum Gasteiger partial charge on any atom is 0.248 e. The van der Waals surface area contributed by atoms with Crippen molar-refractivity contribution in [2.45, 2.75) is 33.1 Å². The molecular weight excluding hydrogens is 414 g/mol. The average Bonchev–Trinajstić information content (AvgIpc) is 2.77. The Kier molecular flexibility index (Phi) is 8.76. The fourth-order valence-corrected chi connectivity index (χ4v) is 3.15. The molecule has 0 aliphatic carbocycles. The summed E-state index contributed by atoms with van der Waals surface area (Å²) in [6, 6.07) is 9.63. The number of unbranched alkanes of at least 4 members (excludes halogenated alkanes) is 2. The van der Waals surface area contributed by atoms with Gasteiger partial charge in [-0.3, -0.25) is 14.4 Å². The number of amides is 1. The lowest BCUT2D eigenvalue weighted by Gasteiger charge is -2.15. The minimum atomic E-state index is -0.487. The molecule has 0 aromatic heterocycles. The van der Waals surface area contributed by atoms with Crippen LogP contribution in [0.15, 0.2) is 41.6 Å². The highest BCUT2D eigenvalue weighted by Crippen LogP contribution is 2.27. The van der Waals surface area contributed by atoms with Crippen LogP contribution in [0.2, 0.25) is 0 Å². The number of ether oxygens (including phenoxy) is 2. The van der Waals surface area contributed by atoms with Gasteiger partial charge in [0.25, 0.3) is 0 Å². The fraction of sp³-hybridized carbons (Fsp3) is 0.304. The third kappa shape index (κ3) is 6.31. The van der Waals surface area contributed by atoms with E-state index in [-0.39, 0.29) is 39.8 Å². The number of primary amides is 1. The van der Waals surface area contributed by atoms with Crippen molar-refractivity contribution in [2.75, 3.05) is 13.2 Å². The summed E-state index contributed by atoms with van der Waals surface area (Å²) in [6.07, 6.45) is 2.30. The lowest BCUT2D eigenvalue weighted by Crippen LogP contribution is -2.20. The van der Waals surface area contributed by atoms with Crippen LogP contribution in [-0.4, -0.2) is 41.7 Å². The number of hydrogen-bond acceptors (Lipinski definition) is 7. The molecule has 32 heavy (non-hydrogen) atoms. The summed E-state index contributed by atoms with van der Waals surface area (Å²) < 4.78 is 11.4. The monoisotopic (exact) mass is 441 g/mol. The second-order valence-electron chi connectivity index (χ2n) is 7.11. The van der Waals surface area contributed by atoms with Crippen LogP contribution in [-0.2, 0) is 0 Å². The van der Waals surface area contributed by atoms with E-state index in [4.69, 9.17) is 26.1 Å². The zero-order valence-electron chi connectivity index (χ0n) is 18.1. The predicted molar refractivity (Wildman–Crippen MR) is 119 cm³/mol. The van der Waals surface area contributed by atoms with Crippen molar-refractivity contribution in [1.29, 1.82) is 0 Å². The molecule has 5 N–H and O–H groups in total. The van der Waals surface area contributed by atoms with Gasteiger partial charge in [-0.1, -0.05) is 5.16 Å². The van der Waals surface area contributed by atoms with Crippen LogP contribution in [0.4, 0.5) is 0 Å². The number of hydrogen-bond donors (Lipinski definition) is 3. The highest BCUT2D eigenvalue weighted by Gasteiger charge is 2.23. The predicted octanol–water partition coefficient (Wildman–Crippen LogP) is 2.91. The van der Waals surface area contributed by atoms with Crippen LogP contribution in [0, 0.1) is 0 Å². The maximum absolute atomic E-state index is 12.2. The molecule has 0 atom stereocenters. The van der Waals surface area contributed by atoms with Gasteiger partial charge in [0.05, 0.1) is 18.8 Å². The minimum Gasteiger partial charge on any atom is -0.494 e. The van der Waals surface area contributed by atoms with Gasteiger partial charge >= 0.3 is 0 Å². The molecule has 0 fully saturated rings. The summed E-state index contributed by atoms with van der Waals surface area (Å²) in [7, 11) is 0. The molecule has 0 aliphatic heterocycles. The average molecular weight is 441 g/mol. The van der Waals surface area contributed by atoms with E-state index in [0.717, 1.165) is 12.8 Å². The van der Waals surface area contributed by atoms with Gasteiger partial charge in [0.1, 0.15) is 11.5 Å². The number of rotatable bonds is 12. The van der Waals surface area contributed by atoms with Crippen LogP contribution >= 0.6 is 0 Å². The van der Waals surface area contributed by atoms with Crippen LogP contribution in [0.25, 0.3) is 0 Å². The van der Waals surface area contributed by atoms with E-state index in [2.05, 4.69) is 5.16 Å². The first-order valence-corrected chi connectivity index (χ1v) is 10.1. The second kappa shape index (κ2) is 11.5. The number of nitrogens with two attached hydrogens (primary N) is 2. The van der Waals surface area contributed by atoms with Gasteiger partial charge in [-0.05, 0) is 69.5 Å². The molecule has 0 aliphatic rings. The Balaban J connectivity index is 1.89. The molecule has 0 radical (unpaired) electrons. The molecule has 0 unspecified atom stereocenters. The van der Waals surface area contributed by atoms with Crippen LogP contribution in [0.3, 0.4) is 0 Å². The van der Waals surface area contributed by atoms with Gasteiger partial charge in [-0.15, -0.1) is 0 Å². The number of carbonyl (C=O) groups is 3. The van der Waals surface area contributed by atoms with E-state index in [1.807, 2.05) is 0 Å². The van der Waals surface area contributed by atoms with Crippen molar-refractivity contribution in [3.05, 3.63) is 58.7 Å². The molecule has 9 heteroatoms. The molecular formula is C23H27N3O6. The van der Waals surface area contributed by atoms with Crippen molar-refractivity contribution in [3.63, 3.8) is 0 Å². The summed E-state index contributed by atoms with van der Waals surface area (Å²) in [6.45, 7) is 3.48. The molecule has 2 aromatic carbocycles. The van der Waals surface area contributed by atoms with E-state index in [9.17, 15) is 14.4 Å². The van der Waals surface area contributed by atoms with Crippen LogP contribution in [0.1, 0.15) is 69.7 Å². The Morgan fingerprint density at radius 1 is 0.844 bits per heavy atom. The molecule has 2 aromatic rings. The van der Waals surface area contributed by atoms with Gasteiger partial charge in [0, 0.05) is 16.7 Å². The van der Waals surface area contributed by atoms with Gasteiger partial charge in [0.15, 0.2) is 17.4 Å². The van der Waals surface area contributed by atoms with E-state index in [0.29, 0.717) is 30.9 Å². The molecule has 1 amide bonds. The summed E-state index contributed by atoms with van der Waals surface area (Å²) in [5.74, 6) is -0.548. The molecule has 0 heterocycles. The van der Waals surface area contributed by atoms with E-state index < -0.39 is 5.91 Å². The van der Waals surface area contributed by atoms with Crippen molar-refractivity contribution in [2.24, 2.45) is 16.6 Å². The smallest absolute Gasteiger partial charge is 0.248 e. The Morgan fingerprint density at radius 3 is 1.97 bits per heavy atom. The first-order chi connectivity index (χ1) is 15.3. The van der Waals surface area contributed by atoms with Crippen LogP contribution in [0.5, 0.6) is 11.5 Å². The standard InChI is InChI=1S/C23H27N3O6/c1-14(27)20-18(22(24)26-30)10-11-19(21(20)15(2)28)32-13-5-3-4-12-31-17-8-6-16(7-9-17)23(25)29/h6-11,30H,3-5,12-13H2,1-2H3,(H2,24,26)(H2,25,29). The highest BCUT2D eigenvalue weighted by molar-refractivity contribution is 6.16. The Bertz CT molecular complexity index is 1020. The number of ketones is 2. The topological polar surface area (TPSA) is 154 Å². The number of oxime groups is 1. The quantitative estimate of drug-likeness (QED) is 0.114. The first-order valence-electron chi connectivity index (χ1n) is 10.1. The molecule has 0 bridgehead atoms. The molecule has 0 spiro atoms. The minimum absolute atomic E-state index is 0.0704. The number of benzene rings is 2. The number of nitrogens with zero attached hydrogens (tertiary/aromatic N) is 1. The lowest BCUT2D eigenvalue weighted by molar-refractivity contribution is 0.0977. The lowest BCUT2D eigenvalue weighted by atomic mass is 9.94. The molecule has 2 rings (SSSR count). The van der Waals surface area contributed by atoms with Gasteiger partial charge in [-0.25, -0.2) is 0 Å². The number of carbonyl (C=O) groups excluding carboxylic acids is 3. The summed E-state index contributed by atoms with van der Waals surface area (Å²) in [5.41, 5.74) is 11.6. The second-order valence-corrected chi connectivity index (χ2v) is 7.11. The van der Waals surface area contributed by atoms with Gasteiger partial charge in [-0.2, -0.15) is 0 Å². The van der Waals surface area contributed by atoms with E-state index in [1.165, 1.54) is 26.0 Å². The summed E-state index contributed by atoms with van der Waals surface area (Å²) >= 11 is 0. The normalized spacial score (nSPS) is 11.1. The van der Waals surface area contributed by atoms with Crippen molar-refractivity contribution in [1.82, 2.24) is 0 Å². The van der Waals surface area contributed by atoms with E-state index >= 15 is 0 Å². The maximum atomic E-state index is 12.2. The fourth-order valence-electron chi connectivity index (χ4n) is 3.15. The zero-order valence-corrected chi connectivity index (χ0v) is 18.1. The Morgan fingerprint density at radius 2 is 1.44 bits per heavy atom. The zero-order chi connectivity index (χ0) is 23.7. The summed E-state index contributed by atoms with van der Waals surface area (Å²) in [5, 5.41) is 11.9. The van der Waals surface area contributed by atoms with Crippen molar-refractivity contribution >= 4 is 23.3 Å². The van der Waals surface area contributed by atoms with E-state index in [1.54, 1.807) is 24.3 Å².